The Hall–Kier alpha value is -1.30. The highest BCUT2D eigenvalue weighted by atomic mass is 35.5. The third-order valence-corrected chi connectivity index (χ3v) is 5.19. The van der Waals surface area contributed by atoms with E-state index >= 15 is 0 Å². The highest BCUT2D eigenvalue weighted by molar-refractivity contribution is 6.42. The number of nitrogens with one attached hydrogen (secondary N) is 2. The molecule has 130 valence electrons. The summed E-state index contributed by atoms with van der Waals surface area (Å²) in [5, 5.41) is 6.76. The zero-order valence-corrected chi connectivity index (χ0v) is 14.9. The van der Waals surface area contributed by atoms with Gasteiger partial charge in [0.2, 0.25) is 11.8 Å². The second kappa shape index (κ2) is 7.72. The summed E-state index contributed by atoms with van der Waals surface area (Å²) < 4.78 is 0. The lowest BCUT2D eigenvalue weighted by Gasteiger charge is -2.30. The zero-order valence-electron chi connectivity index (χ0n) is 13.4. The molecule has 1 aromatic carbocycles. The summed E-state index contributed by atoms with van der Waals surface area (Å²) in [5.74, 6) is 0.173. The number of halogens is 2. The van der Waals surface area contributed by atoms with E-state index in [0.717, 1.165) is 38.8 Å². The molecule has 1 heterocycles. The third-order valence-electron chi connectivity index (χ3n) is 4.45. The number of rotatable bonds is 5. The molecular weight excluding hydrogens is 349 g/mol. The molecule has 2 N–H and O–H groups in total. The number of likely N-dealkylation sites (tertiary alicyclic amines) is 1. The number of piperidine rings is 1. The maximum atomic E-state index is 12.1. The van der Waals surface area contributed by atoms with Gasteiger partial charge >= 0.3 is 0 Å². The van der Waals surface area contributed by atoms with Gasteiger partial charge in [0.15, 0.2) is 0 Å². The van der Waals surface area contributed by atoms with Crippen LogP contribution in [-0.2, 0) is 9.59 Å². The van der Waals surface area contributed by atoms with E-state index in [1.807, 2.05) is 0 Å². The lowest BCUT2D eigenvalue weighted by Crippen LogP contribution is -2.43. The summed E-state index contributed by atoms with van der Waals surface area (Å²) in [5.41, 5.74) is 0.632. The minimum absolute atomic E-state index is 0.0833. The quantitative estimate of drug-likeness (QED) is 0.838. The SMILES string of the molecule is O=C(CN1CCC(C(=O)NC2CC2)CC1)Nc1ccc(Cl)c(Cl)c1. The molecular formula is C17H21Cl2N3O2. The summed E-state index contributed by atoms with van der Waals surface area (Å²) in [7, 11) is 0. The van der Waals surface area contributed by atoms with Crippen molar-refractivity contribution in [2.24, 2.45) is 5.92 Å². The molecule has 0 radical (unpaired) electrons. The van der Waals surface area contributed by atoms with E-state index in [1.54, 1.807) is 18.2 Å². The molecule has 1 saturated heterocycles. The summed E-state index contributed by atoms with van der Waals surface area (Å²) in [6.45, 7) is 1.84. The Morgan fingerprint density at radius 3 is 2.42 bits per heavy atom. The molecule has 2 aliphatic rings. The Kier molecular flexibility index (Phi) is 5.64. The van der Waals surface area contributed by atoms with E-state index in [1.165, 1.54) is 0 Å². The van der Waals surface area contributed by atoms with Gasteiger partial charge in [-0.15, -0.1) is 0 Å². The fraction of sp³-hybridized carbons (Fsp3) is 0.529. The van der Waals surface area contributed by atoms with Crippen molar-refractivity contribution in [2.75, 3.05) is 25.0 Å². The van der Waals surface area contributed by atoms with Crippen LogP contribution in [0.15, 0.2) is 18.2 Å². The molecule has 2 fully saturated rings. The van der Waals surface area contributed by atoms with Crippen LogP contribution in [0.3, 0.4) is 0 Å². The van der Waals surface area contributed by atoms with E-state index < -0.39 is 0 Å². The Morgan fingerprint density at radius 1 is 1.08 bits per heavy atom. The van der Waals surface area contributed by atoms with Crippen molar-refractivity contribution in [2.45, 2.75) is 31.7 Å². The van der Waals surface area contributed by atoms with Gasteiger partial charge in [0.25, 0.3) is 0 Å². The first kappa shape index (κ1) is 17.5. The fourth-order valence-electron chi connectivity index (χ4n) is 2.88. The zero-order chi connectivity index (χ0) is 17.1. The Labute approximate surface area is 151 Å². The van der Waals surface area contributed by atoms with Crippen molar-refractivity contribution < 1.29 is 9.59 Å². The molecule has 0 spiro atoms. The molecule has 1 aromatic rings. The van der Waals surface area contributed by atoms with Crippen LogP contribution >= 0.6 is 23.2 Å². The van der Waals surface area contributed by atoms with Gasteiger partial charge in [0.1, 0.15) is 0 Å². The molecule has 0 atom stereocenters. The lowest BCUT2D eigenvalue weighted by molar-refractivity contribution is -0.126. The molecule has 0 unspecified atom stereocenters. The second-order valence-corrected chi connectivity index (χ2v) is 7.32. The van der Waals surface area contributed by atoms with E-state index in [4.69, 9.17) is 23.2 Å². The van der Waals surface area contributed by atoms with Gasteiger partial charge in [-0.3, -0.25) is 14.5 Å². The molecule has 7 heteroatoms. The van der Waals surface area contributed by atoms with Gasteiger partial charge < -0.3 is 10.6 Å². The van der Waals surface area contributed by atoms with Gasteiger partial charge in [-0.2, -0.15) is 0 Å². The van der Waals surface area contributed by atoms with Crippen molar-refractivity contribution >= 4 is 40.7 Å². The smallest absolute Gasteiger partial charge is 0.238 e. The predicted octanol–water partition coefficient (Wildman–Crippen LogP) is 2.92. The fourth-order valence-corrected chi connectivity index (χ4v) is 3.18. The van der Waals surface area contributed by atoms with E-state index in [-0.39, 0.29) is 17.7 Å². The molecule has 0 bridgehead atoms. The normalized spacial score (nSPS) is 19.1. The maximum absolute atomic E-state index is 12.1. The number of carbonyl (C=O) groups is 2. The van der Waals surface area contributed by atoms with Gasteiger partial charge in [-0.05, 0) is 57.0 Å². The minimum atomic E-state index is -0.0886. The number of hydrogen-bond acceptors (Lipinski definition) is 3. The van der Waals surface area contributed by atoms with Crippen molar-refractivity contribution in [3.05, 3.63) is 28.2 Å². The average Bonchev–Trinajstić information content (AvgIpc) is 3.35. The van der Waals surface area contributed by atoms with Crippen LogP contribution in [0.5, 0.6) is 0 Å². The lowest BCUT2D eigenvalue weighted by atomic mass is 9.96. The van der Waals surface area contributed by atoms with Crippen LogP contribution in [0.4, 0.5) is 5.69 Å². The summed E-state index contributed by atoms with van der Waals surface area (Å²) in [6.07, 6.45) is 3.83. The summed E-state index contributed by atoms with van der Waals surface area (Å²) in [4.78, 5) is 26.3. The standard InChI is InChI=1S/C17H21Cl2N3O2/c18-14-4-3-13(9-15(14)19)20-16(23)10-22-7-5-11(6-8-22)17(24)21-12-1-2-12/h3-4,9,11-12H,1-2,5-8,10H2,(H,20,23)(H,21,24). The van der Waals surface area contributed by atoms with Gasteiger partial charge in [-0.25, -0.2) is 0 Å². The Morgan fingerprint density at radius 2 is 1.79 bits per heavy atom. The van der Waals surface area contributed by atoms with E-state index in [2.05, 4.69) is 15.5 Å². The maximum Gasteiger partial charge on any atom is 0.238 e. The highest BCUT2D eigenvalue weighted by Gasteiger charge is 2.30. The largest absolute Gasteiger partial charge is 0.353 e. The first-order valence-corrected chi connectivity index (χ1v) is 9.04. The van der Waals surface area contributed by atoms with Crippen molar-refractivity contribution in [1.29, 1.82) is 0 Å². The molecule has 1 aliphatic heterocycles. The molecule has 3 rings (SSSR count). The van der Waals surface area contributed by atoms with Gasteiger partial charge in [0, 0.05) is 17.6 Å². The number of hydrogen-bond donors (Lipinski definition) is 2. The number of benzene rings is 1. The number of anilines is 1. The average molecular weight is 370 g/mol. The highest BCUT2D eigenvalue weighted by Crippen LogP contribution is 2.25. The van der Waals surface area contributed by atoms with Gasteiger partial charge in [0.05, 0.1) is 16.6 Å². The van der Waals surface area contributed by atoms with Crippen molar-refractivity contribution in [3.63, 3.8) is 0 Å². The molecule has 1 saturated carbocycles. The van der Waals surface area contributed by atoms with Crippen LogP contribution in [0, 0.1) is 5.92 Å². The van der Waals surface area contributed by atoms with E-state index in [0.29, 0.717) is 28.3 Å². The molecule has 1 aliphatic carbocycles. The molecule has 0 aromatic heterocycles. The number of carbonyl (C=O) groups excluding carboxylic acids is 2. The first-order chi connectivity index (χ1) is 11.5. The molecule has 5 nitrogen and oxygen atoms in total. The second-order valence-electron chi connectivity index (χ2n) is 6.51. The van der Waals surface area contributed by atoms with Crippen LogP contribution < -0.4 is 10.6 Å². The minimum Gasteiger partial charge on any atom is -0.353 e. The van der Waals surface area contributed by atoms with Crippen molar-refractivity contribution in [1.82, 2.24) is 10.2 Å². The van der Waals surface area contributed by atoms with Gasteiger partial charge in [-0.1, -0.05) is 23.2 Å². The summed E-state index contributed by atoms with van der Waals surface area (Å²) >= 11 is 11.8. The monoisotopic (exact) mass is 369 g/mol. The predicted molar refractivity (Wildman–Crippen MR) is 95.4 cm³/mol. The third kappa shape index (κ3) is 4.85. The van der Waals surface area contributed by atoms with Crippen LogP contribution in [0.25, 0.3) is 0 Å². The Bertz CT molecular complexity index is 626. The topological polar surface area (TPSA) is 61.4 Å². The van der Waals surface area contributed by atoms with Crippen LogP contribution in [0.2, 0.25) is 10.0 Å². The number of nitrogens with zero attached hydrogens (tertiary/aromatic N) is 1. The van der Waals surface area contributed by atoms with Crippen LogP contribution in [-0.4, -0.2) is 42.4 Å². The first-order valence-electron chi connectivity index (χ1n) is 8.29. The Balaban J connectivity index is 1.42. The van der Waals surface area contributed by atoms with Crippen LogP contribution in [0.1, 0.15) is 25.7 Å². The van der Waals surface area contributed by atoms with E-state index in [9.17, 15) is 9.59 Å². The molecule has 2 amide bonds. The number of amides is 2. The summed E-state index contributed by atoms with van der Waals surface area (Å²) in [6, 6.07) is 5.42. The molecule has 24 heavy (non-hydrogen) atoms. The van der Waals surface area contributed by atoms with Crippen molar-refractivity contribution in [3.8, 4) is 0 Å².